The maximum atomic E-state index is 13.5. The zero-order chi connectivity index (χ0) is 15.4. The van der Waals surface area contributed by atoms with Crippen LogP contribution in [0.1, 0.15) is 19.3 Å². The zero-order valence-corrected chi connectivity index (χ0v) is 11.2. The van der Waals surface area contributed by atoms with Crippen LogP contribution < -0.4 is 10.5 Å². The van der Waals surface area contributed by atoms with Gasteiger partial charge in [-0.05, 0) is 31.0 Å². The number of nitrogens with two attached hydrogens (primary N) is 1. The summed E-state index contributed by atoms with van der Waals surface area (Å²) in [5, 5.41) is 7.43. The number of hydrogen-bond donors (Lipinski definition) is 2. The summed E-state index contributed by atoms with van der Waals surface area (Å²) in [6.07, 6.45) is -4.92. The molecule has 9 heteroatoms. The summed E-state index contributed by atoms with van der Waals surface area (Å²) in [6, 6.07) is 3.06. The maximum Gasteiger partial charge on any atom is 0.389 e. The molecule has 1 rings (SSSR count). The third-order valence-corrected chi connectivity index (χ3v) is 3.38. The third-order valence-electron chi connectivity index (χ3n) is 2.47. The van der Waals surface area contributed by atoms with Crippen LogP contribution in [-0.4, -0.2) is 21.1 Å². The van der Waals surface area contributed by atoms with Crippen molar-refractivity contribution in [3.8, 4) is 0 Å². The van der Waals surface area contributed by atoms with Crippen molar-refractivity contribution >= 4 is 15.7 Å². The van der Waals surface area contributed by atoms with Crippen molar-refractivity contribution in [2.45, 2.75) is 30.3 Å². The first-order valence-electron chi connectivity index (χ1n) is 5.72. The largest absolute Gasteiger partial charge is 0.389 e. The molecule has 0 unspecified atom stereocenters. The minimum Gasteiger partial charge on any atom is -0.383 e. The van der Waals surface area contributed by atoms with Gasteiger partial charge in [-0.3, -0.25) is 0 Å². The standard InChI is InChI=1S/C11H14F4N2O2S/c12-9-7-8(20(16,18)19)3-4-10(9)17-6-2-1-5-11(13,14)15/h3-4,7,17H,1-2,5-6H2,(H2,16,18,19). The highest BCUT2D eigenvalue weighted by atomic mass is 32.2. The fourth-order valence-electron chi connectivity index (χ4n) is 1.49. The second-order valence-electron chi connectivity index (χ2n) is 4.19. The lowest BCUT2D eigenvalue weighted by Crippen LogP contribution is -2.13. The second kappa shape index (κ2) is 6.40. The Bertz CT molecular complexity index is 558. The molecule has 0 fully saturated rings. The lowest BCUT2D eigenvalue weighted by Gasteiger charge is -2.09. The average molecular weight is 314 g/mol. The van der Waals surface area contributed by atoms with Crippen LogP contribution in [0.5, 0.6) is 0 Å². The molecular formula is C11H14F4N2O2S. The van der Waals surface area contributed by atoms with E-state index in [9.17, 15) is 26.0 Å². The highest BCUT2D eigenvalue weighted by Gasteiger charge is 2.25. The number of halogens is 4. The summed E-state index contributed by atoms with van der Waals surface area (Å²) in [5.74, 6) is -0.827. The highest BCUT2D eigenvalue weighted by molar-refractivity contribution is 7.89. The Hall–Kier alpha value is -1.35. The van der Waals surface area contributed by atoms with Gasteiger partial charge in [-0.15, -0.1) is 0 Å². The van der Waals surface area contributed by atoms with Gasteiger partial charge in [-0.25, -0.2) is 17.9 Å². The molecule has 3 N–H and O–H groups in total. The van der Waals surface area contributed by atoms with E-state index < -0.39 is 28.4 Å². The molecule has 0 bridgehead atoms. The van der Waals surface area contributed by atoms with Gasteiger partial charge in [0.05, 0.1) is 10.6 Å². The number of unbranched alkanes of at least 4 members (excludes halogenated alkanes) is 1. The molecule has 0 amide bonds. The molecule has 0 aliphatic carbocycles. The average Bonchev–Trinajstić information content (AvgIpc) is 2.27. The molecule has 1 aromatic carbocycles. The van der Waals surface area contributed by atoms with Crippen LogP contribution in [0.4, 0.5) is 23.2 Å². The van der Waals surface area contributed by atoms with E-state index in [0.717, 1.165) is 12.1 Å². The Morgan fingerprint density at radius 2 is 1.85 bits per heavy atom. The molecular weight excluding hydrogens is 300 g/mol. The minimum absolute atomic E-state index is 0.0180. The molecule has 4 nitrogen and oxygen atoms in total. The number of alkyl halides is 3. The molecule has 114 valence electrons. The van der Waals surface area contributed by atoms with Gasteiger partial charge in [0.1, 0.15) is 5.82 Å². The van der Waals surface area contributed by atoms with Crippen molar-refractivity contribution in [1.29, 1.82) is 0 Å². The van der Waals surface area contributed by atoms with Crippen molar-refractivity contribution in [1.82, 2.24) is 0 Å². The van der Waals surface area contributed by atoms with E-state index in [2.05, 4.69) is 5.32 Å². The molecule has 0 aromatic heterocycles. The first-order valence-corrected chi connectivity index (χ1v) is 7.27. The van der Waals surface area contributed by atoms with Crippen LogP contribution in [0.25, 0.3) is 0 Å². The van der Waals surface area contributed by atoms with Gasteiger partial charge in [0, 0.05) is 13.0 Å². The fraction of sp³-hybridized carbons (Fsp3) is 0.455. The Balaban J connectivity index is 2.50. The summed E-state index contributed by atoms with van der Waals surface area (Å²) in [6.45, 7) is 0.154. The normalized spacial score (nSPS) is 12.4. The number of benzene rings is 1. The van der Waals surface area contributed by atoms with Crippen LogP contribution in [-0.2, 0) is 10.0 Å². The van der Waals surface area contributed by atoms with Crippen LogP contribution >= 0.6 is 0 Å². The van der Waals surface area contributed by atoms with E-state index in [0.29, 0.717) is 0 Å². The smallest absolute Gasteiger partial charge is 0.383 e. The Kier molecular flexibility index (Phi) is 5.35. The highest BCUT2D eigenvalue weighted by Crippen LogP contribution is 2.22. The fourth-order valence-corrected chi connectivity index (χ4v) is 2.02. The Morgan fingerprint density at radius 1 is 1.20 bits per heavy atom. The van der Waals surface area contributed by atoms with Crippen molar-refractivity contribution in [3.05, 3.63) is 24.0 Å². The van der Waals surface area contributed by atoms with Gasteiger partial charge in [0.25, 0.3) is 0 Å². The van der Waals surface area contributed by atoms with Gasteiger partial charge in [-0.2, -0.15) is 13.2 Å². The van der Waals surface area contributed by atoms with E-state index in [-0.39, 0.29) is 30.0 Å². The number of nitrogens with one attached hydrogen (secondary N) is 1. The van der Waals surface area contributed by atoms with Crippen LogP contribution in [0.2, 0.25) is 0 Å². The number of anilines is 1. The second-order valence-corrected chi connectivity index (χ2v) is 5.75. The van der Waals surface area contributed by atoms with Gasteiger partial charge in [-0.1, -0.05) is 0 Å². The lowest BCUT2D eigenvalue weighted by atomic mass is 10.2. The van der Waals surface area contributed by atoms with E-state index in [4.69, 9.17) is 5.14 Å². The van der Waals surface area contributed by atoms with E-state index in [1.54, 1.807) is 0 Å². The molecule has 0 radical (unpaired) electrons. The lowest BCUT2D eigenvalue weighted by molar-refractivity contribution is -0.135. The van der Waals surface area contributed by atoms with Crippen LogP contribution in [0, 0.1) is 5.82 Å². The number of rotatable bonds is 6. The summed E-state index contributed by atoms with van der Waals surface area (Å²) in [4.78, 5) is -0.363. The van der Waals surface area contributed by atoms with Crippen molar-refractivity contribution in [2.24, 2.45) is 5.14 Å². The molecule has 20 heavy (non-hydrogen) atoms. The molecule has 1 aromatic rings. The topological polar surface area (TPSA) is 72.2 Å². The quantitative estimate of drug-likeness (QED) is 0.626. The van der Waals surface area contributed by atoms with Gasteiger partial charge < -0.3 is 5.32 Å². The molecule has 0 atom stereocenters. The Labute approximate surface area is 114 Å². The van der Waals surface area contributed by atoms with Gasteiger partial charge in [0.15, 0.2) is 0 Å². The first kappa shape index (κ1) is 16.7. The first-order chi connectivity index (χ1) is 9.09. The number of primary sulfonamides is 1. The van der Waals surface area contributed by atoms with Gasteiger partial charge in [0.2, 0.25) is 10.0 Å². The number of sulfonamides is 1. The number of hydrogen-bond acceptors (Lipinski definition) is 3. The monoisotopic (exact) mass is 314 g/mol. The van der Waals surface area contributed by atoms with E-state index in [1.807, 2.05) is 0 Å². The molecule has 0 saturated carbocycles. The van der Waals surface area contributed by atoms with Crippen molar-refractivity contribution in [3.63, 3.8) is 0 Å². The van der Waals surface area contributed by atoms with Gasteiger partial charge >= 0.3 is 6.18 Å². The third kappa shape index (κ3) is 5.74. The van der Waals surface area contributed by atoms with Crippen molar-refractivity contribution in [2.75, 3.05) is 11.9 Å². The summed E-state index contributed by atoms with van der Waals surface area (Å²) >= 11 is 0. The predicted molar refractivity (Wildman–Crippen MR) is 66.2 cm³/mol. The summed E-state index contributed by atoms with van der Waals surface area (Å²) in [7, 11) is -3.98. The minimum atomic E-state index is -4.19. The van der Waals surface area contributed by atoms with Crippen LogP contribution in [0.3, 0.4) is 0 Å². The van der Waals surface area contributed by atoms with Crippen LogP contribution in [0.15, 0.2) is 23.1 Å². The summed E-state index contributed by atoms with van der Waals surface area (Å²) < 4.78 is 71.1. The molecule has 0 aliphatic heterocycles. The molecule has 0 heterocycles. The maximum absolute atomic E-state index is 13.5. The van der Waals surface area contributed by atoms with E-state index in [1.165, 1.54) is 6.07 Å². The van der Waals surface area contributed by atoms with E-state index >= 15 is 0 Å². The molecule has 0 aliphatic rings. The Morgan fingerprint density at radius 3 is 2.35 bits per heavy atom. The molecule has 0 spiro atoms. The summed E-state index contributed by atoms with van der Waals surface area (Å²) in [5.41, 5.74) is 0.0180. The SMILES string of the molecule is NS(=O)(=O)c1ccc(NCCCCC(F)(F)F)c(F)c1. The predicted octanol–water partition coefficient (Wildman–Crippen LogP) is 2.62. The van der Waals surface area contributed by atoms with Crippen molar-refractivity contribution < 1.29 is 26.0 Å². The zero-order valence-electron chi connectivity index (χ0n) is 10.4. The molecule has 0 saturated heterocycles.